The quantitative estimate of drug-likeness (QED) is 0.686. The Kier molecular flexibility index (Phi) is 3.74. The van der Waals surface area contributed by atoms with Crippen LogP contribution >= 0.6 is 11.6 Å². The summed E-state index contributed by atoms with van der Waals surface area (Å²) < 4.78 is 36.2. The third-order valence-corrected chi connectivity index (χ3v) is 4.64. The molecule has 0 N–H and O–H groups in total. The molecule has 1 aliphatic heterocycles. The zero-order chi connectivity index (χ0) is 21.5. The minimum absolute atomic E-state index is 0.346. The molecule has 0 bridgehead atoms. The maximum Gasteiger partial charge on any atom is 0.350 e. The van der Waals surface area contributed by atoms with Crippen LogP contribution in [0.1, 0.15) is 11.9 Å². The average molecular weight is 376 g/mol. The summed E-state index contributed by atoms with van der Waals surface area (Å²) >= 11 is 6.06. The lowest BCUT2D eigenvalue weighted by Crippen LogP contribution is -2.46. The Morgan fingerprint density at radius 3 is 2.73 bits per heavy atom. The van der Waals surface area contributed by atoms with Gasteiger partial charge in [0.2, 0.25) is 0 Å². The first-order valence-electron chi connectivity index (χ1n) is 10.5. The van der Waals surface area contributed by atoms with Gasteiger partial charge in [-0.2, -0.15) is 0 Å². The van der Waals surface area contributed by atoms with E-state index >= 15 is 0 Å². The number of benzene rings is 1. The Hall–Kier alpha value is -2.31. The molecule has 3 heterocycles. The molecule has 136 valence electrons. The Balaban J connectivity index is 1.49. The summed E-state index contributed by atoms with van der Waals surface area (Å²) in [4.78, 5) is 16.1. The minimum atomic E-state index is -2.33. The first-order valence-corrected chi connectivity index (χ1v) is 8.87. The summed E-state index contributed by atoms with van der Waals surface area (Å²) in [6.45, 7) is -0.968. The van der Waals surface area contributed by atoms with Crippen molar-refractivity contribution in [3.8, 4) is 0 Å². The number of pyridine rings is 1. The van der Waals surface area contributed by atoms with Crippen LogP contribution < -0.4 is 10.6 Å². The van der Waals surface area contributed by atoms with Gasteiger partial charge in [-0.25, -0.2) is 9.48 Å². The van der Waals surface area contributed by atoms with Crippen molar-refractivity contribution in [3.63, 3.8) is 0 Å². The Labute approximate surface area is 162 Å². The van der Waals surface area contributed by atoms with Crippen molar-refractivity contribution in [1.82, 2.24) is 19.1 Å². The van der Waals surface area contributed by atoms with Gasteiger partial charge in [0.15, 0.2) is 5.65 Å². The maximum atomic E-state index is 12.5. The van der Waals surface area contributed by atoms with E-state index in [0.29, 0.717) is 36.8 Å². The van der Waals surface area contributed by atoms with Crippen molar-refractivity contribution in [3.05, 3.63) is 64.2 Å². The lowest BCUT2D eigenvalue weighted by atomic mass is 10.2. The summed E-state index contributed by atoms with van der Waals surface area (Å²) in [5.74, 6) is 0. The molecule has 1 fully saturated rings. The van der Waals surface area contributed by atoms with Gasteiger partial charge in [0.1, 0.15) is 0 Å². The van der Waals surface area contributed by atoms with Crippen molar-refractivity contribution in [1.29, 1.82) is 0 Å². The fraction of sp³-hybridized carbons (Fsp3) is 0.368. The summed E-state index contributed by atoms with van der Waals surface area (Å²) in [6, 6.07) is 12.6. The molecule has 0 amide bonds. The highest BCUT2D eigenvalue weighted by atomic mass is 35.5. The number of hydrogen-bond donors (Lipinski definition) is 0. The molecule has 0 radical (unpaired) electrons. The highest BCUT2D eigenvalue weighted by Crippen LogP contribution is 2.20. The molecule has 26 heavy (non-hydrogen) atoms. The molecular weight excluding hydrogens is 350 g/mol. The van der Waals surface area contributed by atoms with Gasteiger partial charge in [0.05, 0.1) is 0 Å². The third kappa shape index (κ3) is 3.61. The molecule has 0 atom stereocenters. The number of fused-ring (bicyclic) bond motifs is 1. The van der Waals surface area contributed by atoms with Gasteiger partial charge in [-0.1, -0.05) is 23.7 Å². The van der Waals surface area contributed by atoms with E-state index in [1.807, 2.05) is 18.2 Å². The van der Waals surface area contributed by atoms with E-state index in [2.05, 4.69) is 10.00 Å². The van der Waals surface area contributed by atoms with Crippen LogP contribution in [0.2, 0.25) is 5.02 Å². The van der Waals surface area contributed by atoms with Gasteiger partial charge in [0.25, 0.3) is 0 Å². The van der Waals surface area contributed by atoms with Gasteiger partial charge in [0, 0.05) is 61.6 Å². The number of aromatic nitrogens is 3. The van der Waals surface area contributed by atoms with Crippen LogP contribution in [0.3, 0.4) is 0 Å². The van der Waals surface area contributed by atoms with Gasteiger partial charge in [-0.05, 0) is 36.7 Å². The molecular formula is C19H22ClN5O. The molecule has 6 nitrogen and oxygen atoms in total. The molecule has 1 aromatic carbocycles. The van der Waals surface area contributed by atoms with E-state index in [0.717, 1.165) is 10.4 Å². The predicted molar refractivity (Wildman–Crippen MR) is 104 cm³/mol. The lowest BCUT2D eigenvalue weighted by Gasteiger charge is -2.36. The third-order valence-electron chi connectivity index (χ3n) is 4.41. The number of aryl methyl sites for hydroxylation is 1. The standard InChI is InChI=1S/C19H22ClN5O/c20-16-5-3-6-17(15-16)23-13-11-22(12-14-23)8-4-10-25-19(26)24-9-2-1-7-18(24)21-25/h1-3,5-7,9,15H,4,8,10-14H2/i4D2,8D2. The van der Waals surface area contributed by atoms with Crippen LogP contribution in [0.15, 0.2) is 53.5 Å². The van der Waals surface area contributed by atoms with Crippen LogP contribution in [-0.4, -0.2) is 51.8 Å². The Morgan fingerprint density at radius 1 is 1.12 bits per heavy atom. The molecule has 0 spiro atoms. The minimum Gasteiger partial charge on any atom is -0.369 e. The Bertz CT molecular complexity index is 1110. The second-order valence-electron chi connectivity index (χ2n) is 6.11. The van der Waals surface area contributed by atoms with Crippen LogP contribution in [0.5, 0.6) is 0 Å². The second kappa shape index (κ2) is 7.51. The lowest BCUT2D eigenvalue weighted by molar-refractivity contribution is 0.248. The SMILES string of the molecule is [2H]C([2H])(Cn1nc2ccccn2c1=O)C([2H])([2H])N1CCN(c2cccc(Cl)c2)CC1. The van der Waals surface area contributed by atoms with E-state index in [9.17, 15) is 4.79 Å². The van der Waals surface area contributed by atoms with Gasteiger partial charge in [-0.3, -0.25) is 9.30 Å². The number of halogens is 1. The highest BCUT2D eigenvalue weighted by Gasteiger charge is 2.17. The van der Waals surface area contributed by atoms with Crippen molar-refractivity contribution < 1.29 is 5.48 Å². The average Bonchev–Trinajstić information content (AvgIpc) is 3.03. The van der Waals surface area contributed by atoms with Crippen molar-refractivity contribution in [2.24, 2.45) is 0 Å². The molecule has 7 heteroatoms. The largest absolute Gasteiger partial charge is 0.369 e. The first-order chi connectivity index (χ1) is 14.2. The van der Waals surface area contributed by atoms with Gasteiger partial charge >= 0.3 is 5.69 Å². The van der Waals surface area contributed by atoms with E-state index in [1.165, 1.54) is 9.30 Å². The van der Waals surface area contributed by atoms with E-state index in [1.54, 1.807) is 30.5 Å². The van der Waals surface area contributed by atoms with Crippen LogP contribution in [0.4, 0.5) is 5.69 Å². The fourth-order valence-corrected chi connectivity index (χ4v) is 3.23. The highest BCUT2D eigenvalue weighted by molar-refractivity contribution is 6.30. The zero-order valence-corrected chi connectivity index (χ0v) is 14.9. The monoisotopic (exact) mass is 375 g/mol. The van der Waals surface area contributed by atoms with Crippen molar-refractivity contribution >= 4 is 22.9 Å². The molecule has 1 aliphatic rings. The summed E-state index contributed by atoms with van der Waals surface area (Å²) in [5.41, 5.74) is 0.868. The number of hydrogen-bond acceptors (Lipinski definition) is 4. The fourth-order valence-electron chi connectivity index (χ4n) is 3.04. The molecule has 0 saturated carbocycles. The molecule has 2 aromatic heterocycles. The molecule has 0 unspecified atom stereocenters. The number of rotatable bonds is 5. The predicted octanol–water partition coefficient (Wildman–Crippen LogP) is 2.36. The number of nitrogens with zero attached hydrogens (tertiary/aromatic N) is 5. The summed E-state index contributed by atoms with van der Waals surface area (Å²) in [5, 5.41) is 4.78. The summed E-state index contributed by atoms with van der Waals surface area (Å²) in [7, 11) is 0. The number of anilines is 1. The van der Waals surface area contributed by atoms with E-state index < -0.39 is 25.1 Å². The number of piperazine rings is 1. The first kappa shape index (κ1) is 12.9. The maximum absolute atomic E-state index is 12.5. The molecule has 0 aliphatic carbocycles. The summed E-state index contributed by atoms with van der Waals surface area (Å²) in [6.07, 6.45) is -0.770. The smallest absolute Gasteiger partial charge is 0.350 e. The van der Waals surface area contributed by atoms with E-state index in [-0.39, 0.29) is 0 Å². The topological polar surface area (TPSA) is 45.8 Å². The normalized spacial score (nSPS) is 19.0. The molecule has 1 saturated heterocycles. The van der Waals surface area contributed by atoms with Gasteiger partial charge in [-0.15, -0.1) is 5.10 Å². The van der Waals surface area contributed by atoms with Crippen molar-refractivity contribution in [2.45, 2.75) is 12.9 Å². The van der Waals surface area contributed by atoms with Crippen molar-refractivity contribution in [2.75, 3.05) is 37.6 Å². The van der Waals surface area contributed by atoms with Crippen LogP contribution in [0, 0.1) is 0 Å². The zero-order valence-electron chi connectivity index (χ0n) is 18.2. The van der Waals surface area contributed by atoms with Gasteiger partial charge < -0.3 is 4.90 Å². The molecule has 4 rings (SSSR count). The van der Waals surface area contributed by atoms with E-state index in [4.69, 9.17) is 17.1 Å². The molecule has 3 aromatic rings. The second-order valence-corrected chi connectivity index (χ2v) is 6.55. The van der Waals surface area contributed by atoms with Crippen LogP contribution in [0.25, 0.3) is 5.65 Å². The van der Waals surface area contributed by atoms with Crippen LogP contribution in [-0.2, 0) is 6.54 Å². The Morgan fingerprint density at radius 2 is 1.96 bits per heavy atom.